The molecular formula is C18H17N3O3. The summed E-state index contributed by atoms with van der Waals surface area (Å²) in [7, 11) is 1.69. The highest BCUT2D eigenvalue weighted by molar-refractivity contribution is 5.94. The number of hydrogen-bond donors (Lipinski definition) is 1. The molecule has 0 aliphatic heterocycles. The highest BCUT2D eigenvalue weighted by Crippen LogP contribution is 2.16. The molecule has 2 amide bonds. The van der Waals surface area contributed by atoms with Crippen LogP contribution in [0.2, 0.25) is 0 Å². The summed E-state index contributed by atoms with van der Waals surface area (Å²) >= 11 is 0. The van der Waals surface area contributed by atoms with E-state index in [1.165, 1.54) is 0 Å². The molecule has 122 valence electrons. The van der Waals surface area contributed by atoms with Crippen LogP contribution < -0.4 is 10.5 Å². The Balaban J connectivity index is 2.05. The van der Waals surface area contributed by atoms with E-state index in [1.807, 2.05) is 12.1 Å². The summed E-state index contributed by atoms with van der Waals surface area (Å²) in [5.41, 5.74) is 6.98. The number of primary amides is 1. The average Bonchev–Trinajstić information content (AvgIpc) is 2.60. The van der Waals surface area contributed by atoms with Gasteiger partial charge in [0.25, 0.3) is 11.8 Å². The quantitative estimate of drug-likeness (QED) is 0.875. The van der Waals surface area contributed by atoms with Gasteiger partial charge in [0, 0.05) is 19.2 Å². The molecule has 0 saturated carbocycles. The molecule has 0 radical (unpaired) electrons. The molecule has 2 aromatic carbocycles. The standard InChI is InChI=1S/C18H17N3O3/c1-21(11-14-7-5-13(10-19)6-8-14)18(23)15-3-2-4-16(9-15)24-12-17(20)22/h2-9H,11-12H2,1H3,(H2,20,22). The predicted octanol–water partition coefficient (Wildman–Crippen LogP) is 1.69. The fourth-order valence-corrected chi connectivity index (χ4v) is 2.12. The summed E-state index contributed by atoms with van der Waals surface area (Å²) in [6.07, 6.45) is 0. The normalized spacial score (nSPS) is 9.83. The zero-order valence-electron chi connectivity index (χ0n) is 13.2. The lowest BCUT2D eigenvalue weighted by atomic mass is 10.1. The van der Waals surface area contributed by atoms with E-state index in [-0.39, 0.29) is 12.5 Å². The van der Waals surface area contributed by atoms with Gasteiger partial charge in [-0.05, 0) is 35.9 Å². The van der Waals surface area contributed by atoms with Gasteiger partial charge >= 0.3 is 0 Å². The van der Waals surface area contributed by atoms with Crippen LogP contribution in [0.4, 0.5) is 0 Å². The molecule has 6 heteroatoms. The van der Waals surface area contributed by atoms with Crippen molar-refractivity contribution in [1.82, 2.24) is 4.90 Å². The lowest BCUT2D eigenvalue weighted by Crippen LogP contribution is -2.26. The Morgan fingerprint density at radius 1 is 1.21 bits per heavy atom. The summed E-state index contributed by atoms with van der Waals surface area (Å²) in [5.74, 6) is -0.347. The van der Waals surface area contributed by atoms with Crippen LogP contribution in [-0.2, 0) is 11.3 Å². The second-order valence-corrected chi connectivity index (χ2v) is 5.25. The summed E-state index contributed by atoms with van der Waals surface area (Å²) in [6.45, 7) is 0.176. The maximum atomic E-state index is 12.5. The van der Waals surface area contributed by atoms with Crippen LogP contribution in [0.5, 0.6) is 5.75 Å². The van der Waals surface area contributed by atoms with Gasteiger partial charge in [-0.25, -0.2) is 0 Å². The second-order valence-electron chi connectivity index (χ2n) is 5.25. The summed E-state index contributed by atoms with van der Waals surface area (Å²) in [6, 6.07) is 15.7. The lowest BCUT2D eigenvalue weighted by molar-refractivity contribution is -0.119. The van der Waals surface area contributed by atoms with Crippen LogP contribution >= 0.6 is 0 Å². The van der Waals surface area contributed by atoms with Crippen molar-refractivity contribution in [3.8, 4) is 11.8 Å². The minimum absolute atomic E-state index is 0.177. The number of nitrogens with zero attached hydrogens (tertiary/aromatic N) is 2. The number of carbonyl (C=O) groups excluding carboxylic acids is 2. The van der Waals surface area contributed by atoms with Crippen molar-refractivity contribution in [2.75, 3.05) is 13.7 Å². The van der Waals surface area contributed by atoms with Gasteiger partial charge in [0.2, 0.25) is 0 Å². The van der Waals surface area contributed by atoms with E-state index in [0.717, 1.165) is 5.56 Å². The van der Waals surface area contributed by atoms with E-state index in [4.69, 9.17) is 15.7 Å². The summed E-state index contributed by atoms with van der Waals surface area (Å²) in [4.78, 5) is 24.8. The number of benzene rings is 2. The SMILES string of the molecule is CN(Cc1ccc(C#N)cc1)C(=O)c1cccc(OCC(N)=O)c1. The molecule has 2 aromatic rings. The van der Waals surface area contributed by atoms with Crippen molar-refractivity contribution in [3.05, 3.63) is 65.2 Å². The molecule has 0 spiro atoms. The van der Waals surface area contributed by atoms with E-state index in [9.17, 15) is 9.59 Å². The number of ether oxygens (including phenoxy) is 1. The molecule has 0 aliphatic rings. The number of hydrogen-bond acceptors (Lipinski definition) is 4. The van der Waals surface area contributed by atoms with E-state index in [0.29, 0.717) is 23.4 Å². The first-order chi connectivity index (χ1) is 11.5. The van der Waals surface area contributed by atoms with Gasteiger partial charge in [-0.2, -0.15) is 5.26 Å². The van der Waals surface area contributed by atoms with Crippen LogP contribution in [0.3, 0.4) is 0 Å². The average molecular weight is 323 g/mol. The van der Waals surface area contributed by atoms with Gasteiger partial charge < -0.3 is 15.4 Å². The third kappa shape index (κ3) is 4.58. The van der Waals surface area contributed by atoms with E-state index >= 15 is 0 Å². The third-order valence-electron chi connectivity index (χ3n) is 3.31. The Labute approximate surface area is 140 Å². The Kier molecular flexibility index (Phi) is 5.53. The van der Waals surface area contributed by atoms with Gasteiger partial charge in [0.15, 0.2) is 6.61 Å². The summed E-state index contributed by atoms with van der Waals surface area (Å²) in [5, 5.41) is 8.80. The van der Waals surface area contributed by atoms with Crippen molar-refractivity contribution in [2.45, 2.75) is 6.54 Å². The fourth-order valence-electron chi connectivity index (χ4n) is 2.12. The molecule has 0 bridgehead atoms. The van der Waals surface area contributed by atoms with Crippen LogP contribution in [0.1, 0.15) is 21.5 Å². The molecule has 0 unspecified atom stereocenters. The smallest absolute Gasteiger partial charge is 0.255 e. The number of carbonyl (C=O) groups is 2. The Morgan fingerprint density at radius 3 is 2.54 bits per heavy atom. The highest BCUT2D eigenvalue weighted by Gasteiger charge is 2.13. The van der Waals surface area contributed by atoms with E-state index in [1.54, 1.807) is 48.3 Å². The minimum Gasteiger partial charge on any atom is -0.484 e. The fraction of sp³-hybridized carbons (Fsp3) is 0.167. The molecule has 0 atom stereocenters. The number of rotatable bonds is 6. The maximum absolute atomic E-state index is 12.5. The molecule has 0 heterocycles. The first kappa shape index (κ1) is 17.0. The van der Waals surface area contributed by atoms with Gasteiger partial charge in [0.1, 0.15) is 5.75 Å². The first-order valence-electron chi connectivity index (χ1n) is 7.25. The van der Waals surface area contributed by atoms with Crippen molar-refractivity contribution >= 4 is 11.8 Å². The van der Waals surface area contributed by atoms with Gasteiger partial charge in [-0.1, -0.05) is 18.2 Å². The van der Waals surface area contributed by atoms with Crippen molar-refractivity contribution < 1.29 is 14.3 Å². The zero-order valence-corrected chi connectivity index (χ0v) is 13.2. The molecule has 0 fully saturated rings. The van der Waals surface area contributed by atoms with Gasteiger partial charge in [-0.15, -0.1) is 0 Å². The molecule has 24 heavy (non-hydrogen) atoms. The third-order valence-corrected chi connectivity index (χ3v) is 3.31. The second kappa shape index (κ2) is 7.79. The number of amides is 2. The molecule has 2 N–H and O–H groups in total. The van der Waals surface area contributed by atoms with Gasteiger partial charge in [0.05, 0.1) is 11.6 Å². The Morgan fingerprint density at radius 2 is 1.92 bits per heavy atom. The lowest BCUT2D eigenvalue weighted by Gasteiger charge is -2.18. The molecule has 0 aliphatic carbocycles. The van der Waals surface area contributed by atoms with Crippen molar-refractivity contribution in [2.24, 2.45) is 5.73 Å². The number of nitriles is 1. The van der Waals surface area contributed by atoms with Gasteiger partial charge in [-0.3, -0.25) is 9.59 Å². The van der Waals surface area contributed by atoms with E-state index in [2.05, 4.69) is 6.07 Å². The first-order valence-corrected chi connectivity index (χ1v) is 7.25. The van der Waals surface area contributed by atoms with E-state index < -0.39 is 5.91 Å². The zero-order chi connectivity index (χ0) is 17.5. The predicted molar refractivity (Wildman–Crippen MR) is 88.1 cm³/mol. The highest BCUT2D eigenvalue weighted by atomic mass is 16.5. The minimum atomic E-state index is -0.579. The molecule has 0 aromatic heterocycles. The molecule has 2 rings (SSSR count). The Hall–Kier alpha value is -3.33. The van der Waals surface area contributed by atoms with Crippen molar-refractivity contribution in [1.29, 1.82) is 5.26 Å². The maximum Gasteiger partial charge on any atom is 0.255 e. The van der Waals surface area contributed by atoms with Crippen LogP contribution in [0, 0.1) is 11.3 Å². The number of nitrogens with two attached hydrogens (primary N) is 1. The van der Waals surface area contributed by atoms with Crippen LogP contribution in [-0.4, -0.2) is 30.4 Å². The molecular weight excluding hydrogens is 306 g/mol. The largest absolute Gasteiger partial charge is 0.484 e. The van der Waals surface area contributed by atoms with Crippen molar-refractivity contribution in [3.63, 3.8) is 0 Å². The van der Waals surface area contributed by atoms with Crippen LogP contribution in [0.15, 0.2) is 48.5 Å². The van der Waals surface area contributed by atoms with Crippen LogP contribution in [0.25, 0.3) is 0 Å². The summed E-state index contributed by atoms with van der Waals surface area (Å²) < 4.78 is 5.21. The monoisotopic (exact) mass is 323 g/mol. The molecule has 6 nitrogen and oxygen atoms in total. The molecule has 0 saturated heterocycles. The Bertz CT molecular complexity index is 779. The topological polar surface area (TPSA) is 96.4 Å².